The van der Waals surface area contributed by atoms with Crippen LogP contribution in [0.3, 0.4) is 0 Å². The normalized spacial score (nSPS) is 13.4. The zero-order chi connectivity index (χ0) is 55.3. The van der Waals surface area contributed by atoms with Gasteiger partial charge in [-0.2, -0.15) is 10.2 Å². The lowest BCUT2D eigenvalue weighted by atomic mass is 10.1. The summed E-state index contributed by atoms with van der Waals surface area (Å²) in [6.07, 6.45) is 30.3. The summed E-state index contributed by atoms with van der Waals surface area (Å²) in [5.41, 5.74) is 15.7. The van der Waals surface area contributed by atoms with Crippen molar-refractivity contribution in [1.29, 1.82) is 0 Å². The number of rotatable bonds is 16. The van der Waals surface area contributed by atoms with Gasteiger partial charge in [0.1, 0.15) is 11.4 Å². The third-order valence-electron chi connectivity index (χ3n) is 13.0. The zero-order valence-electron chi connectivity index (χ0n) is 46.3. The molecule has 400 valence electrons. The lowest BCUT2D eigenvalue weighted by Crippen LogP contribution is -2.29. The number of allylic oxidation sites excluding steroid dienone is 2. The van der Waals surface area contributed by atoms with Crippen LogP contribution >= 0.6 is 0 Å². The second-order valence-electron chi connectivity index (χ2n) is 19.5. The SMILES string of the molecule is C=C(CN(C)C)Nc1cncc(C(=C)/C=c2/c(-c3cc4c(-c5cccnc5)cncc4[nH]3)n[nH]/c2=C/C)c1.C=C(CN(C)C)Nc1cncc(C(=C)/C=c2/c(-c3cc4c(N5CCCCC5)cncc4[nH]3)n[nH]/c2=C/C)c1.CC. The van der Waals surface area contributed by atoms with Gasteiger partial charge in [0, 0.05) is 112 Å². The Kier molecular flexibility index (Phi) is 18.2. The summed E-state index contributed by atoms with van der Waals surface area (Å²) in [6, 6.07) is 12.3. The minimum absolute atomic E-state index is 0.730. The molecule has 16 heteroatoms. The minimum atomic E-state index is 0.730. The first-order valence-corrected chi connectivity index (χ1v) is 26.4. The van der Waals surface area contributed by atoms with Crippen molar-refractivity contribution in [2.45, 2.75) is 47.0 Å². The van der Waals surface area contributed by atoms with Gasteiger partial charge in [0.05, 0.1) is 81.2 Å². The number of pyridine rings is 5. The molecule has 6 N–H and O–H groups in total. The maximum Gasteiger partial charge on any atom is 0.116 e. The summed E-state index contributed by atoms with van der Waals surface area (Å²) in [5, 5.41) is 28.3. The van der Waals surface area contributed by atoms with Crippen LogP contribution in [0.2, 0.25) is 0 Å². The molecule has 0 bridgehead atoms. The van der Waals surface area contributed by atoms with Crippen molar-refractivity contribution in [2.75, 3.05) is 69.9 Å². The van der Waals surface area contributed by atoms with Crippen LogP contribution in [-0.2, 0) is 0 Å². The van der Waals surface area contributed by atoms with Crippen molar-refractivity contribution >= 4 is 74.3 Å². The van der Waals surface area contributed by atoms with Gasteiger partial charge in [-0.3, -0.25) is 35.1 Å². The van der Waals surface area contributed by atoms with E-state index in [9.17, 15) is 0 Å². The Bertz CT molecular complexity index is 3830. The van der Waals surface area contributed by atoms with Crippen LogP contribution in [0.4, 0.5) is 17.1 Å². The van der Waals surface area contributed by atoms with Crippen molar-refractivity contribution in [3.05, 3.63) is 168 Å². The molecule has 0 unspecified atom stereocenters. The van der Waals surface area contributed by atoms with E-state index in [4.69, 9.17) is 0 Å². The number of nitrogens with one attached hydrogen (secondary N) is 6. The zero-order valence-corrected chi connectivity index (χ0v) is 46.3. The predicted molar refractivity (Wildman–Crippen MR) is 325 cm³/mol. The Hall–Kier alpha value is -8.99. The molecule has 9 aromatic heterocycles. The smallest absolute Gasteiger partial charge is 0.116 e. The molecule has 0 aliphatic carbocycles. The second-order valence-corrected chi connectivity index (χ2v) is 19.5. The highest BCUT2D eigenvalue weighted by Crippen LogP contribution is 2.32. The lowest BCUT2D eigenvalue weighted by Gasteiger charge is -2.28. The fourth-order valence-corrected chi connectivity index (χ4v) is 9.49. The number of hydrogen-bond donors (Lipinski definition) is 6. The number of fused-ring (bicyclic) bond motifs is 2. The van der Waals surface area contributed by atoms with Crippen LogP contribution in [0, 0.1) is 0 Å². The minimum Gasteiger partial charge on any atom is -0.370 e. The lowest BCUT2D eigenvalue weighted by molar-refractivity contribution is 0.447. The molecule has 1 saturated heterocycles. The summed E-state index contributed by atoms with van der Waals surface area (Å²) in [6.45, 7) is 28.5. The van der Waals surface area contributed by atoms with E-state index in [0.29, 0.717) is 0 Å². The van der Waals surface area contributed by atoms with E-state index in [1.165, 1.54) is 30.3 Å². The third kappa shape index (κ3) is 13.2. The molecule has 1 aliphatic heterocycles. The highest BCUT2D eigenvalue weighted by atomic mass is 15.1. The van der Waals surface area contributed by atoms with Crippen LogP contribution in [0.1, 0.15) is 58.1 Å². The molecule has 0 aromatic carbocycles. The molecule has 10 heterocycles. The molecule has 10 rings (SSSR count). The average molecular weight is 1040 g/mol. The van der Waals surface area contributed by atoms with E-state index in [1.54, 1.807) is 18.6 Å². The van der Waals surface area contributed by atoms with Gasteiger partial charge < -0.3 is 35.3 Å². The Morgan fingerprint density at radius 3 is 1.60 bits per heavy atom. The molecule has 9 aromatic rings. The van der Waals surface area contributed by atoms with Crippen LogP contribution < -0.4 is 36.7 Å². The van der Waals surface area contributed by atoms with E-state index in [2.05, 4.69) is 125 Å². The summed E-state index contributed by atoms with van der Waals surface area (Å²) in [7, 11) is 8.04. The molecule has 0 radical (unpaired) electrons. The van der Waals surface area contributed by atoms with E-state index in [1.807, 2.05) is 142 Å². The third-order valence-corrected chi connectivity index (χ3v) is 13.0. The first kappa shape index (κ1) is 55.2. The first-order valence-electron chi connectivity index (χ1n) is 26.4. The number of anilines is 3. The Morgan fingerprint density at radius 1 is 0.603 bits per heavy atom. The summed E-state index contributed by atoms with van der Waals surface area (Å²) < 4.78 is 0. The number of H-pyrrole nitrogens is 4. The van der Waals surface area contributed by atoms with Gasteiger partial charge in [0.25, 0.3) is 0 Å². The molecule has 0 amide bonds. The Labute approximate surface area is 456 Å². The van der Waals surface area contributed by atoms with Crippen molar-refractivity contribution in [1.82, 2.24) is 65.1 Å². The quantitative estimate of drug-likeness (QED) is 0.0540. The summed E-state index contributed by atoms with van der Waals surface area (Å²) >= 11 is 0. The number of nitrogens with zero attached hydrogens (tertiary/aromatic N) is 10. The Balaban J connectivity index is 0.000000200. The molecule has 78 heavy (non-hydrogen) atoms. The van der Waals surface area contributed by atoms with E-state index in [-0.39, 0.29) is 0 Å². The number of aromatic nitrogens is 11. The second kappa shape index (κ2) is 25.7. The molecular weight excluding hydrogens is 969 g/mol. The van der Waals surface area contributed by atoms with Crippen molar-refractivity contribution in [3.63, 3.8) is 0 Å². The molecule has 1 fully saturated rings. The van der Waals surface area contributed by atoms with E-state index < -0.39 is 0 Å². The predicted octanol–water partition coefficient (Wildman–Crippen LogP) is 9.34. The van der Waals surface area contributed by atoms with Crippen LogP contribution in [0.15, 0.2) is 136 Å². The number of aromatic amines is 4. The fraction of sp³-hybridized carbons (Fsp3) is 0.242. The Morgan fingerprint density at radius 2 is 1.10 bits per heavy atom. The maximum absolute atomic E-state index is 4.69. The summed E-state index contributed by atoms with van der Waals surface area (Å²) in [5.74, 6) is 0. The van der Waals surface area contributed by atoms with Gasteiger partial charge >= 0.3 is 0 Å². The van der Waals surface area contributed by atoms with Gasteiger partial charge in [-0.05, 0) is 115 Å². The highest BCUT2D eigenvalue weighted by molar-refractivity contribution is 5.98. The molecule has 1 aliphatic rings. The van der Waals surface area contributed by atoms with Crippen molar-refractivity contribution < 1.29 is 0 Å². The summed E-state index contributed by atoms with van der Waals surface area (Å²) in [4.78, 5) is 35.7. The molecular formula is C62H72N16. The van der Waals surface area contributed by atoms with Gasteiger partial charge in [-0.1, -0.05) is 58.4 Å². The van der Waals surface area contributed by atoms with Gasteiger partial charge in [0.2, 0.25) is 0 Å². The average Bonchev–Trinajstić information content (AvgIpc) is 4.26. The van der Waals surface area contributed by atoms with Crippen molar-refractivity contribution in [2.24, 2.45) is 0 Å². The standard InChI is InChI=1S/C30H30N8.C30H36N8.C2H6/c1-6-27-25(10-19(2)22-11-23(15-32-14-22)34-20(3)18-38(4)5)30(37-36-27)28-12-24-26(16-33-17-29(24)35-28)21-8-7-9-31-13-21;1-6-26-25(12-20(2)22-13-23(16-31-15-22)33-21(3)19-37(4)5)30(36-35-26)27-14-24-28(34-27)17-32-18-29(24)38-10-8-7-9-11-38;1-2/h6-17,34-36H,2-3,18H2,1,4-5H3;6,12-18,33-35H,2-3,7-11,19H2,1,4-5H3;1-2H3/b25-10+,27-6+;25-12+,26-6+;. The van der Waals surface area contributed by atoms with Gasteiger partial charge in [-0.25, -0.2) is 0 Å². The van der Waals surface area contributed by atoms with Gasteiger partial charge in [-0.15, -0.1) is 0 Å². The van der Waals surface area contributed by atoms with Gasteiger partial charge in [0.15, 0.2) is 0 Å². The van der Waals surface area contributed by atoms with Crippen molar-refractivity contribution in [3.8, 4) is 33.9 Å². The first-order chi connectivity index (χ1) is 37.8. The number of likely N-dealkylation sites (N-methyl/N-ethyl adjacent to an activating group) is 2. The molecule has 16 nitrogen and oxygen atoms in total. The molecule has 0 spiro atoms. The van der Waals surface area contributed by atoms with Crippen LogP contribution in [0.5, 0.6) is 0 Å². The maximum atomic E-state index is 4.69. The fourth-order valence-electron chi connectivity index (χ4n) is 9.49. The highest BCUT2D eigenvalue weighted by Gasteiger charge is 2.18. The molecule has 0 saturated carbocycles. The monoisotopic (exact) mass is 1040 g/mol. The number of hydrogen-bond acceptors (Lipinski definition) is 12. The number of piperidine rings is 1. The largest absolute Gasteiger partial charge is 0.370 e. The van der Waals surface area contributed by atoms with E-state index >= 15 is 0 Å². The van der Waals surface area contributed by atoms with Crippen LogP contribution in [0.25, 0.3) is 91.2 Å². The molecule has 0 atom stereocenters. The topological polar surface area (TPSA) is 187 Å². The van der Waals surface area contributed by atoms with Crippen LogP contribution in [-0.4, -0.2) is 119 Å². The van der Waals surface area contributed by atoms with E-state index in [0.717, 1.165) is 143 Å².